The maximum Gasteiger partial charge on any atom is 0.185 e. The zero-order valence-corrected chi connectivity index (χ0v) is 12.3. The number of hydrogen-bond donors (Lipinski definition) is 1. The molecule has 0 aliphatic rings. The highest BCUT2D eigenvalue weighted by atomic mass is 32.2. The van der Waals surface area contributed by atoms with Gasteiger partial charge in [0.15, 0.2) is 5.13 Å². The number of thioether (sulfide) groups is 1. The van der Waals surface area contributed by atoms with Crippen molar-refractivity contribution in [3.8, 4) is 0 Å². The average Bonchev–Trinajstić information content (AvgIpc) is 2.66. The lowest BCUT2D eigenvalue weighted by atomic mass is 10.2. The van der Waals surface area contributed by atoms with Gasteiger partial charge < -0.3 is 10.2 Å². The van der Waals surface area contributed by atoms with Gasteiger partial charge in [-0.05, 0) is 20.1 Å². The molecule has 0 fully saturated rings. The lowest BCUT2D eigenvalue weighted by Crippen LogP contribution is -2.31. The monoisotopic (exact) mass is 259 g/mol. The molecule has 92 valence electrons. The Morgan fingerprint density at radius 3 is 2.69 bits per heavy atom. The summed E-state index contributed by atoms with van der Waals surface area (Å²) in [6.07, 6.45) is 4.11. The van der Waals surface area contributed by atoms with E-state index in [2.05, 4.69) is 30.4 Å². The molecule has 0 aliphatic heterocycles. The molecule has 0 bridgehead atoms. The zero-order valence-electron chi connectivity index (χ0n) is 10.7. The second kappa shape index (κ2) is 5.89. The number of hydrogen-bond acceptors (Lipinski definition) is 5. The smallest absolute Gasteiger partial charge is 0.185 e. The van der Waals surface area contributed by atoms with E-state index in [1.807, 2.05) is 37.0 Å². The minimum atomic E-state index is 0.301. The third-order valence-corrected chi connectivity index (χ3v) is 4.74. The van der Waals surface area contributed by atoms with Crippen molar-refractivity contribution in [3.63, 3.8) is 0 Å². The minimum absolute atomic E-state index is 0.301. The summed E-state index contributed by atoms with van der Waals surface area (Å²) >= 11 is 3.63. The lowest BCUT2D eigenvalue weighted by molar-refractivity contribution is 0.594. The highest BCUT2D eigenvalue weighted by Gasteiger charge is 2.15. The third kappa shape index (κ3) is 4.31. The van der Waals surface area contributed by atoms with Gasteiger partial charge >= 0.3 is 0 Å². The van der Waals surface area contributed by atoms with Gasteiger partial charge in [-0.25, -0.2) is 4.98 Å². The molecule has 0 spiro atoms. The highest BCUT2D eigenvalue weighted by molar-refractivity contribution is 7.99. The molecular formula is C11H21N3S2. The van der Waals surface area contributed by atoms with Gasteiger partial charge in [0.2, 0.25) is 0 Å². The van der Waals surface area contributed by atoms with Gasteiger partial charge in [-0.15, -0.1) is 11.3 Å². The third-order valence-electron chi connectivity index (χ3n) is 2.33. The minimum Gasteiger partial charge on any atom is -0.354 e. The maximum absolute atomic E-state index is 4.35. The molecule has 0 aromatic carbocycles. The van der Waals surface area contributed by atoms with E-state index in [0.29, 0.717) is 4.75 Å². The molecule has 1 heterocycles. The Labute approximate surface area is 107 Å². The van der Waals surface area contributed by atoms with E-state index >= 15 is 0 Å². The number of aromatic nitrogens is 1. The molecule has 0 radical (unpaired) electrons. The second-order valence-corrected chi connectivity index (χ2v) is 7.18. The molecule has 1 aromatic rings. The van der Waals surface area contributed by atoms with Gasteiger partial charge in [-0.3, -0.25) is 0 Å². The summed E-state index contributed by atoms with van der Waals surface area (Å²) in [6.45, 7) is 6.43. The predicted molar refractivity (Wildman–Crippen MR) is 75.7 cm³/mol. The molecule has 0 amide bonds. The van der Waals surface area contributed by atoms with Crippen molar-refractivity contribution in [3.05, 3.63) is 11.1 Å². The fourth-order valence-corrected chi connectivity index (χ4v) is 2.19. The number of nitrogens with one attached hydrogen (secondary N) is 1. The Morgan fingerprint density at radius 1 is 1.50 bits per heavy atom. The number of nitrogens with zero attached hydrogens (tertiary/aromatic N) is 2. The van der Waals surface area contributed by atoms with Gasteiger partial charge in [-0.1, -0.05) is 0 Å². The van der Waals surface area contributed by atoms with Gasteiger partial charge in [0, 0.05) is 43.0 Å². The quantitative estimate of drug-likeness (QED) is 0.849. The van der Waals surface area contributed by atoms with E-state index in [4.69, 9.17) is 0 Å². The van der Waals surface area contributed by atoms with Crippen LogP contribution >= 0.6 is 23.1 Å². The second-order valence-electron chi connectivity index (χ2n) is 4.57. The van der Waals surface area contributed by atoms with E-state index in [-0.39, 0.29) is 0 Å². The molecule has 0 saturated heterocycles. The maximum atomic E-state index is 4.35. The number of anilines is 1. The SMILES string of the molecule is CSC(C)(C)CNCc1cnc(N(C)C)s1. The largest absolute Gasteiger partial charge is 0.354 e. The Kier molecular flexibility index (Phi) is 5.08. The van der Waals surface area contributed by atoms with Crippen LogP contribution in [0.2, 0.25) is 0 Å². The molecule has 3 nitrogen and oxygen atoms in total. The Bertz CT molecular complexity index is 321. The topological polar surface area (TPSA) is 28.2 Å². The molecular weight excluding hydrogens is 238 g/mol. The summed E-state index contributed by atoms with van der Waals surface area (Å²) in [4.78, 5) is 7.68. The van der Waals surface area contributed by atoms with E-state index < -0.39 is 0 Å². The normalized spacial score (nSPS) is 11.8. The molecule has 0 atom stereocenters. The fraction of sp³-hybridized carbons (Fsp3) is 0.727. The van der Waals surface area contributed by atoms with Crippen LogP contribution in [-0.4, -0.2) is 36.6 Å². The van der Waals surface area contributed by atoms with Gasteiger partial charge in [0.1, 0.15) is 0 Å². The number of thiazole rings is 1. The Hall–Kier alpha value is -0.260. The summed E-state index contributed by atoms with van der Waals surface area (Å²) in [5.41, 5.74) is 0. The zero-order chi connectivity index (χ0) is 12.2. The first kappa shape index (κ1) is 13.8. The van der Waals surface area contributed by atoms with E-state index in [1.165, 1.54) is 4.88 Å². The van der Waals surface area contributed by atoms with Gasteiger partial charge in [0.05, 0.1) is 0 Å². The lowest BCUT2D eigenvalue weighted by Gasteiger charge is -2.21. The van der Waals surface area contributed by atoms with Crippen LogP contribution in [0.5, 0.6) is 0 Å². The Morgan fingerprint density at radius 2 is 2.19 bits per heavy atom. The highest BCUT2D eigenvalue weighted by Crippen LogP contribution is 2.22. The van der Waals surface area contributed by atoms with Crippen LogP contribution < -0.4 is 10.2 Å². The molecule has 0 unspecified atom stereocenters. The fourth-order valence-electron chi connectivity index (χ4n) is 1.14. The summed E-state index contributed by atoms with van der Waals surface area (Å²) in [5, 5.41) is 4.55. The van der Waals surface area contributed by atoms with Crippen LogP contribution in [0, 0.1) is 0 Å². The van der Waals surface area contributed by atoms with Gasteiger partial charge in [-0.2, -0.15) is 11.8 Å². The van der Waals surface area contributed by atoms with Gasteiger partial charge in [0.25, 0.3) is 0 Å². The summed E-state index contributed by atoms with van der Waals surface area (Å²) in [5.74, 6) is 0. The van der Waals surface area contributed by atoms with Crippen LogP contribution in [0.1, 0.15) is 18.7 Å². The molecule has 0 saturated carbocycles. The first-order valence-corrected chi connectivity index (χ1v) is 7.36. The first-order chi connectivity index (χ1) is 7.44. The molecule has 16 heavy (non-hydrogen) atoms. The van der Waals surface area contributed by atoms with Crippen LogP contribution in [0.3, 0.4) is 0 Å². The van der Waals surface area contributed by atoms with Crippen LogP contribution in [0.25, 0.3) is 0 Å². The molecule has 1 rings (SSSR count). The summed E-state index contributed by atoms with van der Waals surface area (Å²) in [7, 11) is 4.04. The van der Waals surface area contributed by atoms with Crippen molar-refractivity contribution >= 4 is 28.2 Å². The van der Waals surface area contributed by atoms with Crippen molar-refractivity contribution in [2.24, 2.45) is 0 Å². The van der Waals surface area contributed by atoms with Crippen molar-refractivity contribution in [1.82, 2.24) is 10.3 Å². The first-order valence-electron chi connectivity index (χ1n) is 5.32. The van der Waals surface area contributed by atoms with Crippen LogP contribution in [-0.2, 0) is 6.54 Å². The van der Waals surface area contributed by atoms with Crippen molar-refractivity contribution in [2.45, 2.75) is 25.1 Å². The van der Waals surface area contributed by atoms with Crippen molar-refractivity contribution < 1.29 is 0 Å². The van der Waals surface area contributed by atoms with Crippen LogP contribution in [0.4, 0.5) is 5.13 Å². The molecule has 1 aromatic heterocycles. The molecule has 0 aliphatic carbocycles. The number of rotatable bonds is 6. The van der Waals surface area contributed by atoms with E-state index in [9.17, 15) is 0 Å². The van der Waals surface area contributed by atoms with E-state index in [1.54, 1.807) is 11.3 Å². The predicted octanol–water partition coefficient (Wildman–Crippen LogP) is 2.44. The van der Waals surface area contributed by atoms with Crippen molar-refractivity contribution in [1.29, 1.82) is 0 Å². The summed E-state index contributed by atoms with van der Waals surface area (Å²) in [6, 6.07) is 0. The standard InChI is InChI=1S/C11H21N3S2/c1-11(2,15-5)8-12-6-9-7-13-10(16-9)14(3)4/h7,12H,6,8H2,1-5H3. The Balaban J connectivity index is 2.37. The average molecular weight is 259 g/mol. The molecule has 5 heteroatoms. The van der Waals surface area contributed by atoms with Crippen LogP contribution in [0.15, 0.2) is 6.20 Å². The van der Waals surface area contributed by atoms with E-state index in [0.717, 1.165) is 18.2 Å². The molecule has 1 N–H and O–H groups in total. The summed E-state index contributed by atoms with van der Waals surface area (Å²) < 4.78 is 0.301. The van der Waals surface area contributed by atoms with Crippen molar-refractivity contribution in [2.75, 3.05) is 31.8 Å².